The summed E-state index contributed by atoms with van der Waals surface area (Å²) in [6, 6.07) is 0. The van der Waals surface area contributed by atoms with Gasteiger partial charge >= 0.3 is 0 Å². The van der Waals surface area contributed by atoms with E-state index in [0.29, 0.717) is 19.2 Å². The summed E-state index contributed by atoms with van der Waals surface area (Å²) in [5, 5.41) is 0.731. The molecule has 0 fully saturated rings. The summed E-state index contributed by atoms with van der Waals surface area (Å²) in [5.41, 5.74) is 12.2. The predicted molar refractivity (Wildman–Crippen MR) is 67.8 cm³/mol. The first-order valence-corrected chi connectivity index (χ1v) is 5.92. The summed E-state index contributed by atoms with van der Waals surface area (Å²) in [5.74, 6) is -0.523. The molecule has 2 heterocycles. The van der Waals surface area contributed by atoms with Gasteiger partial charge in [-0.15, -0.1) is 11.3 Å². The number of nitrogens with two attached hydrogens (primary N) is 2. The average molecular weight is 334 g/mol. The zero-order chi connectivity index (χ0) is 11.2. The fraction of sp³-hybridized carbons (Fsp3) is 0.125. The number of thiophene rings is 1. The number of hydrogen-bond donors (Lipinski definition) is 2. The number of fused-ring (bicyclic) bond motifs is 1. The van der Waals surface area contributed by atoms with Gasteiger partial charge in [0, 0.05) is 22.6 Å². The van der Waals surface area contributed by atoms with Crippen molar-refractivity contribution in [3.63, 3.8) is 0 Å². The van der Waals surface area contributed by atoms with Crippen molar-refractivity contribution in [3.05, 3.63) is 14.4 Å². The number of aryl methyl sites for hydroxylation is 1. The number of primary amides is 1. The quantitative estimate of drug-likeness (QED) is 0.607. The van der Waals surface area contributed by atoms with Crippen LogP contribution in [0.3, 0.4) is 0 Å². The van der Waals surface area contributed by atoms with Gasteiger partial charge in [-0.25, -0.2) is 9.97 Å². The standard InChI is InChI=1S/C8H7IN4OS/c1-2-3-4(10)5(6(11)14)15-7(3)13-8(9)12-2/h10H2,1H3,(H2,11,14). The van der Waals surface area contributed by atoms with E-state index in [-0.39, 0.29) is 0 Å². The van der Waals surface area contributed by atoms with Crippen LogP contribution in [0.25, 0.3) is 10.2 Å². The molecule has 0 aliphatic rings. The maximum Gasteiger partial charge on any atom is 0.260 e. The third kappa shape index (κ3) is 1.65. The van der Waals surface area contributed by atoms with E-state index in [4.69, 9.17) is 11.5 Å². The zero-order valence-corrected chi connectivity index (χ0v) is 10.7. The summed E-state index contributed by atoms with van der Waals surface area (Å²) < 4.78 is 0.634. The van der Waals surface area contributed by atoms with E-state index in [1.165, 1.54) is 11.3 Å². The second-order valence-electron chi connectivity index (χ2n) is 2.97. The second-order valence-corrected chi connectivity index (χ2v) is 4.93. The van der Waals surface area contributed by atoms with Crippen LogP contribution in [-0.2, 0) is 0 Å². The Labute approximate surface area is 103 Å². The molecule has 15 heavy (non-hydrogen) atoms. The molecule has 0 bridgehead atoms. The van der Waals surface area contributed by atoms with E-state index in [0.717, 1.165) is 11.1 Å². The van der Waals surface area contributed by atoms with Crippen LogP contribution in [0.5, 0.6) is 0 Å². The molecule has 2 aromatic heterocycles. The highest BCUT2D eigenvalue weighted by atomic mass is 127. The van der Waals surface area contributed by atoms with Gasteiger partial charge in [0.05, 0.1) is 16.8 Å². The minimum absolute atomic E-state index is 0.351. The lowest BCUT2D eigenvalue weighted by Gasteiger charge is -1.97. The number of carbonyl (C=O) groups excluding carboxylic acids is 1. The van der Waals surface area contributed by atoms with Crippen LogP contribution in [-0.4, -0.2) is 15.9 Å². The molecular weight excluding hydrogens is 327 g/mol. The molecule has 0 aliphatic carbocycles. The van der Waals surface area contributed by atoms with Gasteiger partial charge in [-0.3, -0.25) is 4.79 Å². The molecule has 0 radical (unpaired) electrons. The lowest BCUT2D eigenvalue weighted by molar-refractivity contribution is 0.100. The van der Waals surface area contributed by atoms with Crippen LogP contribution >= 0.6 is 33.9 Å². The molecular formula is C8H7IN4OS. The lowest BCUT2D eigenvalue weighted by atomic mass is 10.2. The van der Waals surface area contributed by atoms with Gasteiger partial charge in [-0.05, 0) is 6.92 Å². The molecule has 78 valence electrons. The first-order valence-electron chi connectivity index (χ1n) is 4.02. The minimum atomic E-state index is -0.523. The number of anilines is 1. The normalized spacial score (nSPS) is 10.8. The third-order valence-corrected chi connectivity index (χ3v) is 3.56. The van der Waals surface area contributed by atoms with E-state index >= 15 is 0 Å². The molecule has 2 aromatic rings. The Morgan fingerprint density at radius 3 is 2.73 bits per heavy atom. The van der Waals surface area contributed by atoms with Gasteiger partial charge in [0.25, 0.3) is 5.91 Å². The van der Waals surface area contributed by atoms with Gasteiger partial charge in [-0.2, -0.15) is 0 Å². The molecule has 0 aliphatic heterocycles. The Bertz CT molecular complexity index is 565. The van der Waals surface area contributed by atoms with Crippen LogP contribution in [0.15, 0.2) is 0 Å². The van der Waals surface area contributed by atoms with Crippen molar-refractivity contribution >= 4 is 55.7 Å². The van der Waals surface area contributed by atoms with Crippen LogP contribution in [0, 0.1) is 10.8 Å². The molecule has 2 rings (SSSR count). The zero-order valence-electron chi connectivity index (χ0n) is 7.74. The van der Waals surface area contributed by atoms with Crippen LogP contribution < -0.4 is 11.5 Å². The van der Waals surface area contributed by atoms with Crippen molar-refractivity contribution in [1.82, 2.24) is 9.97 Å². The van der Waals surface area contributed by atoms with Crippen LogP contribution in [0.2, 0.25) is 0 Å². The van der Waals surface area contributed by atoms with Crippen molar-refractivity contribution in [2.75, 3.05) is 5.73 Å². The molecule has 0 atom stereocenters. The number of nitrogen functional groups attached to an aromatic ring is 1. The molecule has 4 N–H and O–H groups in total. The Morgan fingerprint density at radius 2 is 2.13 bits per heavy atom. The Kier molecular flexibility index (Phi) is 2.51. The summed E-state index contributed by atoms with van der Waals surface area (Å²) >= 11 is 3.22. The van der Waals surface area contributed by atoms with Gasteiger partial charge in [0.2, 0.25) is 0 Å². The molecule has 1 amide bonds. The summed E-state index contributed by atoms with van der Waals surface area (Å²) in [6.45, 7) is 1.83. The van der Waals surface area contributed by atoms with Gasteiger partial charge < -0.3 is 11.5 Å². The van der Waals surface area contributed by atoms with E-state index < -0.39 is 5.91 Å². The number of carbonyl (C=O) groups is 1. The van der Waals surface area contributed by atoms with Crippen molar-refractivity contribution < 1.29 is 4.79 Å². The van der Waals surface area contributed by atoms with E-state index in [1.807, 2.05) is 29.5 Å². The smallest absolute Gasteiger partial charge is 0.260 e. The highest BCUT2D eigenvalue weighted by molar-refractivity contribution is 14.1. The van der Waals surface area contributed by atoms with Crippen molar-refractivity contribution in [3.8, 4) is 0 Å². The Balaban J connectivity index is 2.88. The summed E-state index contributed by atoms with van der Waals surface area (Å²) in [7, 11) is 0. The Hall–Kier alpha value is -0.960. The largest absolute Gasteiger partial charge is 0.397 e. The fourth-order valence-corrected chi connectivity index (χ4v) is 3.11. The number of hydrogen-bond acceptors (Lipinski definition) is 5. The first-order chi connectivity index (χ1) is 7.00. The first kappa shape index (κ1) is 10.6. The van der Waals surface area contributed by atoms with E-state index in [9.17, 15) is 4.79 Å². The second kappa shape index (κ2) is 3.56. The topological polar surface area (TPSA) is 94.9 Å². The lowest BCUT2D eigenvalue weighted by Crippen LogP contribution is -2.10. The molecule has 5 nitrogen and oxygen atoms in total. The SMILES string of the molecule is Cc1nc(I)nc2sc(C(N)=O)c(N)c12. The van der Waals surface area contributed by atoms with Gasteiger partial charge in [0.1, 0.15) is 9.71 Å². The summed E-state index contributed by atoms with van der Waals surface area (Å²) in [4.78, 5) is 20.5. The molecule has 0 saturated carbocycles. The monoisotopic (exact) mass is 334 g/mol. The van der Waals surface area contributed by atoms with E-state index in [2.05, 4.69) is 9.97 Å². The number of nitrogens with zero attached hydrogens (tertiary/aromatic N) is 2. The van der Waals surface area contributed by atoms with Crippen LogP contribution in [0.1, 0.15) is 15.4 Å². The molecule has 0 spiro atoms. The molecule has 0 unspecified atom stereocenters. The van der Waals surface area contributed by atoms with Gasteiger partial charge in [0.15, 0.2) is 3.83 Å². The van der Waals surface area contributed by atoms with Crippen molar-refractivity contribution in [2.45, 2.75) is 6.92 Å². The predicted octanol–water partition coefficient (Wildman–Crippen LogP) is 1.29. The van der Waals surface area contributed by atoms with Gasteiger partial charge in [-0.1, -0.05) is 0 Å². The van der Waals surface area contributed by atoms with Crippen molar-refractivity contribution in [2.24, 2.45) is 5.73 Å². The highest BCUT2D eigenvalue weighted by Crippen LogP contribution is 2.33. The summed E-state index contributed by atoms with van der Waals surface area (Å²) in [6.07, 6.45) is 0. The number of rotatable bonds is 1. The highest BCUT2D eigenvalue weighted by Gasteiger charge is 2.17. The van der Waals surface area contributed by atoms with Crippen molar-refractivity contribution in [1.29, 1.82) is 0 Å². The minimum Gasteiger partial charge on any atom is -0.397 e. The fourth-order valence-electron chi connectivity index (χ4n) is 1.35. The van der Waals surface area contributed by atoms with Crippen LogP contribution in [0.4, 0.5) is 5.69 Å². The molecule has 0 saturated heterocycles. The molecule has 0 aromatic carbocycles. The Morgan fingerprint density at radius 1 is 1.47 bits per heavy atom. The average Bonchev–Trinajstić information content (AvgIpc) is 2.42. The third-order valence-electron chi connectivity index (χ3n) is 1.97. The number of amides is 1. The molecule has 7 heteroatoms. The van der Waals surface area contributed by atoms with E-state index in [1.54, 1.807) is 0 Å². The maximum absolute atomic E-state index is 11.1. The maximum atomic E-state index is 11.1. The number of halogens is 1. The number of aromatic nitrogens is 2.